The normalized spacial score (nSPS) is 22.4. The number of amides is 4. The molecule has 6 heteroatoms. The molecule has 1 heterocycles. The van der Waals surface area contributed by atoms with Crippen molar-refractivity contribution in [2.24, 2.45) is 0 Å². The number of rotatable bonds is 5. The van der Waals surface area contributed by atoms with Gasteiger partial charge in [-0.25, -0.2) is 4.79 Å². The van der Waals surface area contributed by atoms with Crippen molar-refractivity contribution < 1.29 is 14.4 Å². The maximum atomic E-state index is 13.4. The molecule has 2 aromatic carbocycles. The van der Waals surface area contributed by atoms with Crippen LogP contribution in [0.15, 0.2) is 42.5 Å². The van der Waals surface area contributed by atoms with Gasteiger partial charge >= 0.3 is 6.03 Å². The Morgan fingerprint density at radius 1 is 1.10 bits per heavy atom. The molecule has 4 rings (SSSR count). The zero-order valence-corrected chi connectivity index (χ0v) is 17.7. The molecule has 6 nitrogen and oxygen atoms in total. The van der Waals surface area contributed by atoms with E-state index in [0.29, 0.717) is 6.54 Å². The number of likely N-dealkylation sites (N-methyl/N-ethyl adjacent to an activating group) is 1. The molecular weight excluding hydrogens is 378 g/mol. The molecule has 30 heavy (non-hydrogen) atoms. The minimum Gasteiger partial charge on any atom is -0.338 e. The predicted octanol–water partition coefficient (Wildman–Crippen LogP) is 3.79. The fourth-order valence-corrected chi connectivity index (χ4v) is 4.94. The largest absolute Gasteiger partial charge is 0.338 e. The second kappa shape index (κ2) is 8.09. The van der Waals surface area contributed by atoms with Crippen molar-refractivity contribution in [1.82, 2.24) is 15.1 Å². The predicted molar refractivity (Wildman–Crippen MR) is 116 cm³/mol. The van der Waals surface area contributed by atoms with Crippen molar-refractivity contribution in [3.8, 4) is 0 Å². The summed E-state index contributed by atoms with van der Waals surface area (Å²) in [4.78, 5) is 42.1. The molecule has 0 bridgehead atoms. The Balaban J connectivity index is 1.58. The number of carbonyl (C=O) groups excluding carboxylic acids is 3. The highest BCUT2D eigenvalue weighted by Crippen LogP contribution is 2.34. The van der Waals surface area contributed by atoms with Crippen molar-refractivity contribution in [1.29, 1.82) is 0 Å². The zero-order valence-electron chi connectivity index (χ0n) is 17.7. The molecular formula is C24H29N3O3. The molecule has 1 aliphatic carbocycles. The van der Waals surface area contributed by atoms with Gasteiger partial charge in [-0.3, -0.25) is 14.5 Å². The summed E-state index contributed by atoms with van der Waals surface area (Å²) in [6.45, 7) is 4.06. The quantitative estimate of drug-likeness (QED) is 0.767. The average Bonchev–Trinajstić information content (AvgIpc) is 2.98. The average molecular weight is 408 g/mol. The second-order valence-electron chi connectivity index (χ2n) is 8.44. The molecule has 4 amide bonds. The molecule has 1 saturated heterocycles. The van der Waals surface area contributed by atoms with Crippen LogP contribution in [0.3, 0.4) is 0 Å². The van der Waals surface area contributed by atoms with Gasteiger partial charge in [-0.15, -0.1) is 0 Å². The van der Waals surface area contributed by atoms with E-state index >= 15 is 0 Å². The van der Waals surface area contributed by atoms with Gasteiger partial charge in [0.15, 0.2) is 0 Å². The van der Waals surface area contributed by atoms with Crippen LogP contribution in [0.1, 0.15) is 51.5 Å². The first-order valence-electron chi connectivity index (χ1n) is 10.9. The van der Waals surface area contributed by atoms with Gasteiger partial charge in [-0.1, -0.05) is 61.7 Å². The molecule has 1 saturated carbocycles. The summed E-state index contributed by atoms with van der Waals surface area (Å²) in [6, 6.07) is 13.2. The van der Waals surface area contributed by atoms with Gasteiger partial charge in [0.25, 0.3) is 5.91 Å². The number of urea groups is 1. The van der Waals surface area contributed by atoms with Gasteiger partial charge in [0, 0.05) is 12.6 Å². The van der Waals surface area contributed by atoms with Crippen LogP contribution in [0.2, 0.25) is 0 Å². The summed E-state index contributed by atoms with van der Waals surface area (Å²) in [7, 11) is 0. The Bertz CT molecular complexity index is 977. The summed E-state index contributed by atoms with van der Waals surface area (Å²) in [5.41, 5.74) is -0.450. The van der Waals surface area contributed by atoms with Crippen LogP contribution in [-0.2, 0) is 15.1 Å². The zero-order chi connectivity index (χ0) is 21.3. The maximum absolute atomic E-state index is 13.4. The smallest absolute Gasteiger partial charge is 0.325 e. The maximum Gasteiger partial charge on any atom is 0.325 e. The number of hydrogen-bond donors (Lipinski definition) is 1. The molecule has 1 aliphatic heterocycles. The molecule has 0 spiro atoms. The lowest BCUT2D eigenvalue weighted by atomic mass is 9.88. The van der Waals surface area contributed by atoms with Crippen molar-refractivity contribution in [2.75, 3.05) is 13.1 Å². The lowest BCUT2D eigenvalue weighted by Crippen LogP contribution is -2.48. The van der Waals surface area contributed by atoms with E-state index < -0.39 is 11.6 Å². The molecule has 158 valence electrons. The van der Waals surface area contributed by atoms with E-state index in [1.54, 1.807) is 6.92 Å². The summed E-state index contributed by atoms with van der Waals surface area (Å²) < 4.78 is 0. The van der Waals surface area contributed by atoms with Crippen molar-refractivity contribution in [3.63, 3.8) is 0 Å². The van der Waals surface area contributed by atoms with Crippen molar-refractivity contribution >= 4 is 28.6 Å². The standard InChI is InChI=1S/C24H29N3O3/c1-3-26(18-12-5-4-6-13-18)21(28)16-27-22(29)24(2,25-23(27)30)20-15-9-11-17-10-7-8-14-19(17)20/h7-11,14-15,18H,3-6,12-13,16H2,1-2H3,(H,25,30)/t24-/m0/s1. The van der Waals surface area contributed by atoms with E-state index in [1.807, 2.05) is 54.3 Å². The van der Waals surface area contributed by atoms with Gasteiger partial charge in [0.1, 0.15) is 12.1 Å². The van der Waals surface area contributed by atoms with Crippen LogP contribution in [0, 0.1) is 0 Å². The van der Waals surface area contributed by atoms with E-state index in [-0.39, 0.29) is 24.4 Å². The molecule has 1 atom stereocenters. The summed E-state index contributed by atoms with van der Waals surface area (Å²) >= 11 is 0. The monoisotopic (exact) mass is 407 g/mol. The number of carbonyl (C=O) groups is 3. The lowest BCUT2D eigenvalue weighted by Gasteiger charge is -2.34. The first-order chi connectivity index (χ1) is 14.5. The second-order valence-corrected chi connectivity index (χ2v) is 8.44. The molecule has 2 aromatic rings. The van der Waals surface area contributed by atoms with Crippen LogP contribution in [0.4, 0.5) is 4.79 Å². The van der Waals surface area contributed by atoms with E-state index in [0.717, 1.165) is 46.9 Å². The molecule has 0 radical (unpaired) electrons. The van der Waals surface area contributed by atoms with Gasteiger partial charge in [-0.05, 0) is 43.0 Å². The van der Waals surface area contributed by atoms with E-state index in [1.165, 1.54) is 6.42 Å². The van der Waals surface area contributed by atoms with Gasteiger partial charge < -0.3 is 10.2 Å². The van der Waals surface area contributed by atoms with Crippen LogP contribution in [0.25, 0.3) is 10.8 Å². The van der Waals surface area contributed by atoms with Crippen molar-refractivity contribution in [3.05, 3.63) is 48.0 Å². The molecule has 1 N–H and O–H groups in total. The number of imide groups is 1. The lowest BCUT2D eigenvalue weighted by molar-refractivity contribution is -0.140. The minimum atomic E-state index is -1.19. The third-order valence-corrected chi connectivity index (χ3v) is 6.57. The van der Waals surface area contributed by atoms with Gasteiger partial charge in [0.2, 0.25) is 5.91 Å². The Morgan fingerprint density at radius 2 is 1.80 bits per heavy atom. The number of nitrogens with zero attached hydrogens (tertiary/aromatic N) is 2. The van der Waals surface area contributed by atoms with E-state index in [2.05, 4.69) is 5.32 Å². The number of hydrogen-bond acceptors (Lipinski definition) is 3. The highest BCUT2D eigenvalue weighted by molar-refractivity contribution is 6.10. The molecule has 2 fully saturated rings. The first kappa shape index (κ1) is 20.4. The third kappa shape index (κ3) is 3.44. The van der Waals surface area contributed by atoms with E-state index in [9.17, 15) is 14.4 Å². The number of benzene rings is 2. The molecule has 0 unspecified atom stereocenters. The first-order valence-corrected chi connectivity index (χ1v) is 10.9. The Labute approximate surface area is 177 Å². The van der Waals surface area contributed by atoms with Crippen LogP contribution < -0.4 is 5.32 Å². The third-order valence-electron chi connectivity index (χ3n) is 6.57. The fourth-order valence-electron chi connectivity index (χ4n) is 4.94. The van der Waals surface area contributed by atoms with Gasteiger partial charge in [-0.2, -0.15) is 0 Å². The molecule has 0 aromatic heterocycles. The SMILES string of the molecule is CCN(C(=O)CN1C(=O)N[C@@](C)(c2cccc3ccccc23)C1=O)C1CCCCC1. The minimum absolute atomic E-state index is 0.157. The van der Waals surface area contributed by atoms with Crippen LogP contribution >= 0.6 is 0 Å². The Morgan fingerprint density at radius 3 is 2.53 bits per heavy atom. The van der Waals surface area contributed by atoms with Crippen molar-refractivity contribution in [2.45, 2.75) is 57.5 Å². The summed E-state index contributed by atoms with van der Waals surface area (Å²) in [5.74, 6) is -0.535. The number of nitrogens with one attached hydrogen (secondary N) is 1. The summed E-state index contributed by atoms with van der Waals surface area (Å²) in [6.07, 6.45) is 5.44. The topological polar surface area (TPSA) is 69.7 Å². The van der Waals surface area contributed by atoms with E-state index in [4.69, 9.17) is 0 Å². The molecule has 2 aliphatic rings. The van der Waals surface area contributed by atoms with Gasteiger partial charge in [0.05, 0.1) is 0 Å². The van der Waals surface area contributed by atoms with Crippen LogP contribution in [0.5, 0.6) is 0 Å². The summed E-state index contributed by atoms with van der Waals surface area (Å²) in [5, 5.41) is 4.77. The Kier molecular flexibility index (Phi) is 5.50. The Hall–Kier alpha value is -2.89. The number of fused-ring (bicyclic) bond motifs is 1. The van der Waals surface area contributed by atoms with Crippen LogP contribution in [-0.4, -0.2) is 46.8 Å². The highest BCUT2D eigenvalue weighted by Gasteiger charge is 2.50. The highest BCUT2D eigenvalue weighted by atomic mass is 16.2. The fraction of sp³-hybridized carbons (Fsp3) is 0.458.